The van der Waals surface area contributed by atoms with Crippen molar-refractivity contribution < 1.29 is 27.3 Å². The van der Waals surface area contributed by atoms with Crippen LogP contribution in [0.3, 0.4) is 0 Å². The Labute approximate surface area is 204 Å². The minimum atomic E-state index is -4.27. The van der Waals surface area contributed by atoms with E-state index in [9.17, 15) is 18.0 Å². The number of hydrogen-bond donors (Lipinski definition) is 2. The van der Waals surface area contributed by atoms with E-state index in [0.29, 0.717) is 5.57 Å². The normalized spacial score (nSPS) is 18.4. The summed E-state index contributed by atoms with van der Waals surface area (Å²) < 4.78 is 35.8. The zero-order chi connectivity index (χ0) is 25.9. The van der Waals surface area contributed by atoms with Crippen molar-refractivity contribution in [1.29, 1.82) is 0 Å². The van der Waals surface area contributed by atoms with E-state index in [4.69, 9.17) is 9.29 Å². The van der Waals surface area contributed by atoms with Crippen molar-refractivity contribution in [3.8, 4) is 0 Å². The molecule has 0 radical (unpaired) electrons. The van der Waals surface area contributed by atoms with Gasteiger partial charge in [-0.15, -0.1) is 0 Å². The molecule has 0 aliphatic heterocycles. The highest BCUT2D eigenvalue weighted by Crippen LogP contribution is 2.40. The summed E-state index contributed by atoms with van der Waals surface area (Å²) in [6.07, 6.45) is 14.4. The molecule has 1 aliphatic carbocycles. The summed E-state index contributed by atoms with van der Waals surface area (Å²) >= 11 is 0. The molecule has 0 aromatic rings. The number of amides is 1. The van der Waals surface area contributed by atoms with Gasteiger partial charge in [-0.1, -0.05) is 55.4 Å². The first-order chi connectivity index (χ1) is 15.7. The number of carbonyl (C=O) groups excluding carboxylic acids is 2. The lowest BCUT2D eigenvalue weighted by Crippen LogP contribution is -2.42. The number of nitrogens with one attached hydrogen (secondary N) is 1. The van der Waals surface area contributed by atoms with Crippen molar-refractivity contribution in [2.45, 2.75) is 73.3 Å². The standard InChI is InChI=1S/C26H39NO6S/c1-7-33-25(29)23(15-17-34(30,31)32)27-24(28)18-20(3)11-8-10-19(2)13-14-22-21(4)12-9-16-26(22,5)6/h8,10-11,13-14,18,23H,7,9,12,15-17H2,1-6H3,(H,27,28)(H,30,31,32)/t23-/m0/s1. The van der Waals surface area contributed by atoms with Crippen LogP contribution in [-0.2, 0) is 24.4 Å². The molecule has 2 N–H and O–H groups in total. The molecule has 1 amide bonds. The maximum atomic E-state index is 12.3. The topological polar surface area (TPSA) is 110 Å². The SMILES string of the molecule is CCOC(=O)[C@H](CCS(=O)(=O)O)NC(=O)C=C(C)C=CC=C(C)C=CC1=C(C)CCCC1(C)C. The Bertz CT molecular complexity index is 996. The summed E-state index contributed by atoms with van der Waals surface area (Å²) in [6.45, 7) is 12.2. The second-order valence-corrected chi connectivity index (χ2v) is 10.9. The smallest absolute Gasteiger partial charge is 0.328 e. The van der Waals surface area contributed by atoms with Crippen LogP contribution in [0.5, 0.6) is 0 Å². The lowest BCUT2D eigenvalue weighted by Gasteiger charge is -2.32. The third-order valence-corrected chi connectivity index (χ3v) is 6.44. The second kappa shape index (κ2) is 13.4. The molecule has 0 fully saturated rings. The van der Waals surface area contributed by atoms with Gasteiger partial charge >= 0.3 is 5.97 Å². The van der Waals surface area contributed by atoms with Crippen LogP contribution in [0.15, 0.2) is 58.7 Å². The number of rotatable bonds is 11. The number of ether oxygens (including phenoxy) is 1. The van der Waals surface area contributed by atoms with Crippen molar-refractivity contribution >= 4 is 22.0 Å². The Morgan fingerprint density at radius 1 is 1.21 bits per heavy atom. The summed E-state index contributed by atoms with van der Waals surface area (Å²) in [7, 11) is -4.27. The summed E-state index contributed by atoms with van der Waals surface area (Å²) in [4.78, 5) is 24.3. The fourth-order valence-electron chi connectivity index (χ4n) is 3.86. The maximum Gasteiger partial charge on any atom is 0.328 e. The van der Waals surface area contributed by atoms with Gasteiger partial charge in [0.05, 0.1) is 12.4 Å². The number of esters is 1. The van der Waals surface area contributed by atoms with Crippen molar-refractivity contribution in [1.82, 2.24) is 5.32 Å². The molecule has 1 rings (SSSR count). The molecule has 1 aliphatic rings. The maximum absolute atomic E-state index is 12.3. The van der Waals surface area contributed by atoms with Crippen LogP contribution in [0.25, 0.3) is 0 Å². The molecule has 0 aromatic heterocycles. The van der Waals surface area contributed by atoms with Gasteiger partial charge in [-0.2, -0.15) is 8.42 Å². The van der Waals surface area contributed by atoms with Crippen LogP contribution in [0.1, 0.15) is 67.2 Å². The second-order valence-electron chi connectivity index (χ2n) is 9.31. The molecule has 0 aromatic carbocycles. The first-order valence-corrected chi connectivity index (χ1v) is 13.2. The summed E-state index contributed by atoms with van der Waals surface area (Å²) in [5.41, 5.74) is 4.74. The Balaban J connectivity index is 2.79. The Morgan fingerprint density at radius 3 is 2.47 bits per heavy atom. The molecule has 0 heterocycles. The van der Waals surface area contributed by atoms with E-state index in [1.54, 1.807) is 19.9 Å². The summed E-state index contributed by atoms with van der Waals surface area (Å²) in [5, 5.41) is 2.44. The lowest BCUT2D eigenvalue weighted by molar-refractivity contribution is -0.147. The summed E-state index contributed by atoms with van der Waals surface area (Å²) in [6, 6.07) is -1.17. The van der Waals surface area contributed by atoms with E-state index < -0.39 is 33.8 Å². The first-order valence-electron chi connectivity index (χ1n) is 11.6. The molecule has 0 saturated heterocycles. The molecule has 34 heavy (non-hydrogen) atoms. The molecule has 0 bridgehead atoms. The van der Waals surface area contributed by atoms with Gasteiger partial charge in [0.2, 0.25) is 5.91 Å². The highest BCUT2D eigenvalue weighted by atomic mass is 32.2. The van der Waals surface area contributed by atoms with Gasteiger partial charge in [0, 0.05) is 6.08 Å². The Morgan fingerprint density at radius 2 is 1.88 bits per heavy atom. The van der Waals surface area contributed by atoms with Crippen molar-refractivity contribution in [2.24, 2.45) is 5.41 Å². The number of hydrogen-bond acceptors (Lipinski definition) is 5. The third-order valence-electron chi connectivity index (χ3n) is 5.68. The average molecular weight is 494 g/mol. The van der Waals surface area contributed by atoms with Crippen LogP contribution >= 0.6 is 0 Å². The lowest BCUT2D eigenvalue weighted by atomic mass is 9.72. The minimum absolute atomic E-state index is 0.0865. The van der Waals surface area contributed by atoms with Gasteiger partial charge in [-0.05, 0) is 69.9 Å². The summed E-state index contributed by atoms with van der Waals surface area (Å²) in [5.74, 6) is -1.97. The van der Waals surface area contributed by atoms with Gasteiger partial charge in [-0.25, -0.2) is 4.79 Å². The molecule has 1 atom stereocenters. The van der Waals surface area contributed by atoms with Crippen LogP contribution in [-0.4, -0.2) is 43.2 Å². The van der Waals surface area contributed by atoms with Crippen LogP contribution in [0.4, 0.5) is 0 Å². The monoisotopic (exact) mass is 493 g/mol. The van der Waals surface area contributed by atoms with Gasteiger partial charge in [0.15, 0.2) is 0 Å². The fraction of sp³-hybridized carbons (Fsp3) is 0.538. The predicted octanol–water partition coefficient (Wildman–Crippen LogP) is 4.84. The largest absolute Gasteiger partial charge is 0.464 e. The third kappa shape index (κ3) is 11.1. The molecule has 0 saturated carbocycles. The zero-order valence-corrected chi connectivity index (χ0v) is 22.0. The van der Waals surface area contributed by atoms with Crippen LogP contribution in [0.2, 0.25) is 0 Å². The van der Waals surface area contributed by atoms with Crippen molar-refractivity contribution in [3.05, 3.63) is 58.7 Å². The van der Waals surface area contributed by atoms with E-state index in [2.05, 4.69) is 38.2 Å². The van der Waals surface area contributed by atoms with E-state index in [1.807, 2.05) is 19.1 Å². The van der Waals surface area contributed by atoms with Gasteiger partial charge in [0.25, 0.3) is 10.1 Å². The number of allylic oxidation sites excluding steroid dienone is 9. The van der Waals surface area contributed by atoms with E-state index in [1.165, 1.54) is 30.1 Å². The molecule has 190 valence electrons. The number of carbonyl (C=O) groups is 2. The predicted molar refractivity (Wildman–Crippen MR) is 136 cm³/mol. The van der Waals surface area contributed by atoms with E-state index >= 15 is 0 Å². The molecule has 0 spiro atoms. The molecule has 7 nitrogen and oxygen atoms in total. The minimum Gasteiger partial charge on any atom is -0.464 e. The Kier molecular flexibility index (Phi) is 11.7. The first kappa shape index (κ1) is 29.6. The average Bonchev–Trinajstić information content (AvgIpc) is 2.69. The van der Waals surface area contributed by atoms with Gasteiger partial charge < -0.3 is 10.1 Å². The Hall–Kier alpha value is -2.45. The molecule has 0 unspecified atom stereocenters. The fourth-order valence-corrected chi connectivity index (χ4v) is 4.39. The van der Waals surface area contributed by atoms with Crippen LogP contribution < -0.4 is 5.32 Å². The van der Waals surface area contributed by atoms with Crippen molar-refractivity contribution in [2.75, 3.05) is 12.4 Å². The zero-order valence-electron chi connectivity index (χ0n) is 21.2. The van der Waals surface area contributed by atoms with E-state index in [-0.39, 0.29) is 18.4 Å². The van der Waals surface area contributed by atoms with Crippen LogP contribution in [0, 0.1) is 5.41 Å². The van der Waals surface area contributed by atoms with E-state index in [0.717, 1.165) is 12.0 Å². The van der Waals surface area contributed by atoms with Crippen molar-refractivity contribution in [3.63, 3.8) is 0 Å². The van der Waals surface area contributed by atoms with Gasteiger partial charge in [0.1, 0.15) is 6.04 Å². The highest BCUT2D eigenvalue weighted by molar-refractivity contribution is 7.85. The molecular formula is C26H39NO6S. The molecule has 8 heteroatoms. The van der Waals surface area contributed by atoms with Gasteiger partial charge in [-0.3, -0.25) is 9.35 Å². The quantitative estimate of drug-likeness (QED) is 0.184. The molecular weight excluding hydrogens is 454 g/mol. The highest BCUT2D eigenvalue weighted by Gasteiger charge is 2.26.